The maximum atomic E-state index is 11.5. The van der Waals surface area contributed by atoms with Crippen molar-refractivity contribution in [2.24, 2.45) is 0 Å². The summed E-state index contributed by atoms with van der Waals surface area (Å²) in [5, 5.41) is 9.43. The highest BCUT2D eigenvalue weighted by molar-refractivity contribution is 7.99. The largest absolute Gasteiger partial charge is 0.481 e. The standard InChI is InChI=1S/C12H14O2S/c13-11(14)12(6-8-15-9-7-12)10-4-2-1-3-5-10/h1-5H,6-9H2,(H,13,14). The van der Waals surface area contributed by atoms with Crippen molar-refractivity contribution in [3.63, 3.8) is 0 Å². The molecule has 1 fully saturated rings. The first-order valence-corrected chi connectivity index (χ1v) is 6.28. The molecule has 0 bridgehead atoms. The van der Waals surface area contributed by atoms with Gasteiger partial charge in [0, 0.05) is 0 Å². The highest BCUT2D eigenvalue weighted by Gasteiger charge is 2.41. The van der Waals surface area contributed by atoms with Crippen LogP contribution >= 0.6 is 11.8 Å². The maximum absolute atomic E-state index is 11.5. The molecular formula is C12H14O2S. The summed E-state index contributed by atoms with van der Waals surface area (Å²) in [6, 6.07) is 9.63. The van der Waals surface area contributed by atoms with Crippen LogP contribution in [-0.4, -0.2) is 22.6 Å². The smallest absolute Gasteiger partial charge is 0.314 e. The first-order valence-electron chi connectivity index (χ1n) is 5.12. The van der Waals surface area contributed by atoms with E-state index in [1.807, 2.05) is 42.1 Å². The number of hydrogen-bond donors (Lipinski definition) is 1. The van der Waals surface area contributed by atoms with Crippen LogP contribution in [0, 0.1) is 0 Å². The second kappa shape index (κ2) is 4.27. The molecule has 0 aromatic heterocycles. The number of hydrogen-bond acceptors (Lipinski definition) is 2. The molecule has 2 rings (SSSR count). The number of carboxylic acid groups (broad SMARTS) is 1. The number of benzene rings is 1. The van der Waals surface area contributed by atoms with Gasteiger partial charge in [-0.3, -0.25) is 4.79 Å². The summed E-state index contributed by atoms with van der Waals surface area (Å²) in [4.78, 5) is 11.5. The van der Waals surface area contributed by atoms with Crippen molar-refractivity contribution < 1.29 is 9.90 Å². The van der Waals surface area contributed by atoms with Gasteiger partial charge in [-0.25, -0.2) is 0 Å². The van der Waals surface area contributed by atoms with Crippen LogP contribution in [0.3, 0.4) is 0 Å². The topological polar surface area (TPSA) is 37.3 Å². The third kappa shape index (κ3) is 1.88. The Morgan fingerprint density at radius 2 is 1.80 bits per heavy atom. The SMILES string of the molecule is O=C(O)C1(c2ccccc2)CCSCC1. The zero-order chi connectivity index (χ0) is 10.7. The van der Waals surface area contributed by atoms with E-state index >= 15 is 0 Å². The van der Waals surface area contributed by atoms with Gasteiger partial charge < -0.3 is 5.11 Å². The van der Waals surface area contributed by atoms with E-state index in [1.54, 1.807) is 0 Å². The second-order valence-electron chi connectivity index (χ2n) is 3.87. The average molecular weight is 222 g/mol. The van der Waals surface area contributed by atoms with Crippen molar-refractivity contribution >= 4 is 17.7 Å². The minimum Gasteiger partial charge on any atom is -0.481 e. The Hall–Kier alpha value is -0.960. The van der Waals surface area contributed by atoms with E-state index in [0.29, 0.717) is 0 Å². The molecule has 2 nitrogen and oxygen atoms in total. The fourth-order valence-electron chi connectivity index (χ4n) is 2.10. The van der Waals surface area contributed by atoms with Crippen LogP contribution in [0.5, 0.6) is 0 Å². The Balaban J connectivity index is 2.38. The number of carboxylic acids is 1. The van der Waals surface area contributed by atoms with Gasteiger partial charge in [-0.2, -0.15) is 11.8 Å². The fraction of sp³-hybridized carbons (Fsp3) is 0.417. The molecule has 1 aliphatic rings. The van der Waals surface area contributed by atoms with E-state index in [1.165, 1.54) is 0 Å². The second-order valence-corrected chi connectivity index (χ2v) is 5.09. The molecular weight excluding hydrogens is 208 g/mol. The molecule has 1 heterocycles. The van der Waals surface area contributed by atoms with E-state index in [-0.39, 0.29) is 0 Å². The molecule has 80 valence electrons. The Kier molecular flexibility index (Phi) is 3.00. The van der Waals surface area contributed by atoms with Gasteiger partial charge in [0.15, 0.2) is 0 Å². The van der Waals surface area contributed by atoms with E-state index in [0.717, 1.165) is 29.9 Å². The van der Waals surface area contributed by atoms with Crippen LogP contribution < -0.4 is 0 Å². The van der Waals surface area contributed by atoms with Crippen molar-refractivity contribution in [3.05, 3.63) is 35.9 Å². The lowest BCUT2D eigenvalue weighted by Crippen LogP contribution is -2.39. The molecule has 0 atom stereocenters. The summed E-state index contributed by atoms with van der Waals surface area (Å²) in [5.74, 6) is 1.22. The van der Waals surface area contributed by atoms with Gasteiger partial charge in [-0.1, -0.05) is 30.3 Å². The van der Waals surface area contributed by atoms with Gasteiger partial charge in [0.1, 0.15) is 0 Å². The van der Waals surface area contributed by atoms with Gasteiger partial charge >= 0.3 is 5.97 Å². The minimum absolute atomic E-state index is 0.632. The third-order valence-electron chi connectivity index (χ3n) is 3.08. The monoisotopic (exact) mass is 222 g/mol. The number of rotatable bonds is 2. The van der Waals surface area contributed by atoms with Gasteiger partial charge in [0.2, 0.25) is 0 Å². The quantitative estimate of drug-likeness (QED) is 0.835. The van der Waals surface area contributed by atoms with Crippen LogP contribution in [-0.2, 0) is 10.2 Å². The number of aliphatic carboxylic acids is 1. The Bertz CT molecular complexity index is 342. The lowest BCUT2D eigenvalue weighted by molar-refractivity contribution is -0.144. The van der Waals surface area contributed by atoms with Crippen LogP contribution in [0.4, 0.5) is 0 Å². The average Bonchev–Trinajstić information content (AvgIpc) is 2.31. The first kappa shape index (κ1) is 10.6. The maximum Gasteiger partial charge on any atom is 0.314 e. The van der Waals surface area contributed by atoms with Gasteiger partial charge in [-0.05, 0) is 29.9 Å². The number of carbonyl (C=O) groups is 1. The molecule has 0 unspecified atom stereocenters. The van der Waals surface area contributed by atoms with E-state index in [4.69, 9.17) is 0 Å². The fourth-order valence-corrected chi connectivity index (χ4v) is 3.29. The zero-order valence-corrected chi connectivity index (χ0v) is 9.30. The number of thioether (sulfide) groups is 1. The van der Waals surface area contributed by atoms with Crippen molar-refractivity contribution in [3.8, 4) is 0 Å². The van der Waals surface area contributed by atoms with E-state index in [9.17, 15) is 9.90 Å². The van der Waals surface area contributed by atoms with Gasteiger partial charge in [0.05, 0.1) is 5.41 Å². The summed E-state index contributed by atoms with van der Waals surface area (Å²) in [6.45, 7) is 0. The predicted octanol–water partition coefficient (Wildman–Crippen LogP) is 2.54. The van der Waals surface area contributed by atoms with Gasteiger partial charge in [-0.15, -0.1) is 0 Å². The van der Waals surface area contributed by atoms with Crippen molar-refractivity contribution in [1.29, 1.82) is 0 Å². The molecule has 1 saturated heterocycles. The molecule has 1 N–H and O–H groups in total. The molecule has 0 spiro atoms. The lowest BCUT2D eigenvalue weighted by atomic mass is 9.75. The summed E-state index contributed by atoms with van der Waals surface area (Å²) in [5.41, 5.74) is 0.324. The molecule has 0 amide bonds. The zero-order valence-electron chi connectivity index (χ0n) is 8.48. The Morgan fingerprint density at radius 1 is 1.20 bits per heavy atom. The molecule has 1 aromatic carbocycles. The molecule has 3 heteroatoms. The molecule has 1 aromatic rings. The van der Waals surface area contributed by atoms with Crippen LogP contribution in [0.15, 0.2) is 30.3 Å². The predicted molar refractivity (Wildman–Crippen MR) is 62.3 cm³/mol. The lowest BCUT2D eigenvalue weighted by Gasteiger charge is -2.33. The molecule has 15 heavy (non-hydrogen) atoms. The normalized spacial score (nSPS) is 19.7. The van der Waals surface area contributed by atoms with Crippen molar-refractivity contribution in [2.45, 2.75) is 18.3 Å². The summed E-state index contributed by atoms with van der Waals surface area (Å²) < 4.78 is 0. The molecule has 0 aliphatic carbocycles. The first-order chi connectivity index (χ1) is 7.26. The third-order valence-corrected chi connectivity index (χ3v) is 4.07. The minimum atomic E-state index is -0.672. The molecule has 1 aliphatic heterocycles. The van der Waals surface area contributed by atoms with Crippen LogP contribution in [0.2, 0.25) is 0 Å². The Labute approximate surface area is 93.7 Å². The van der Waals surface area contributed by atoms with Crippen LogP contribution in [0.1, 0.15) is 18.4 Å². The molecule has 0 saturated carbocycles. The highest BCUT2D eigenvalue weighted by atomic mass is 32.2. The molecule has 0 radical (unpaired) electrons. The Morgan fingerprint density at radius 3 is 2.33 bits per heavy atom. The summed E-state index contributed by atoms with van der Waals surface area (Å²) in [6.07, 6.45) is 1.49. The summed E-state index contributed by atoms with van der Waals surface area (Å²) >= 11 is 1.85. The van der Waals surface area contributed by atoms with E-state index in [2.05, 4.69) is 0 Å². The van der Waals surface area contributed by atoms with Crippen LogP contribution in [0.25, 0.3) is 0 Å². The van der Waals surface area contributed by atoms with Crippen molar-refractivity contribution in [2.75, 3.05) is 11.5 Å². The van der Waals surface area contributed by atoms with Gasteiger partial charge in [0.25, 0.3) is 0 Å². The van der Waals surface area contributed by atoms with Crippen molar-refractivity contribution in [1.82, 2.24) is 0 Å². The summed E-state index contributed by atoms with van der Waals surface area (Å²) in [7, 11) is 0. The highest BCUT2D eigenvalue weighted by Crippen LogP contribution is 2.38. The van der Waals surface area contributed by atoms with E-state index < -0.39 is 11.4 Å².